The molecular weight excluding hydrogens is 314 g/mol. The summed E-state index contributed by atoms with van der Waals surface area (Å²) in [6.07, 6.45) is -4.52. The number of hydrogen-bond donors (Lipinski definition) is 2. The Hall–Kier alpha value is -1.07. The molecule has 0 saturated carbocycles. The first-order valence-corrected chi connectivity index (χ1v) is 6.80. The molecule has 108 valence electrons. The molecule has 2 aliphatic rings. The highest BCUT2D eigenvalue weighted by atomic mass is 35.5. The fourth-order valence-electron chi connectivity index (χ4n) is 2.96. The number of allylic oxidation sites excluding steroid dienone is 2. The van der Waals surface area contributed by atoms with Crippen molar-refractivity contribution in [3.63, 3.8) is 0 Å². The van der Waals surface area contributed by atoms with Gasteiger partial charge in [-0.25, -0.2) is 0 Å². The fraction of sp³-hybridized carbons (Fsp3) is 0.385. The van der Waals surface area contributed by atoms with Crippen LogP contribution < -0.4 is 5.32 Å². The Morgan fingerprint density at radius 2 is 1.85 bits per heavy atom. The van der Waals surface area contributed by atoms with Crippen molar-refractivity contribution in [3.05, 3.63) is 39.2 Å². The minimum absolute atomic E-state index is 0.00770. The molecule has 1 aromatic carbocycles. The van der Waals surface area contributed by atoms with Crippen LogP contribution in [-0.2, 0) is 0 Å². The van der Waals surface area contributed by atoms with Crippen molar-refractivity contribution in [1.82, 2.24) is 0 Å². The first kappa shape index (κ1) is 13.9. The van der Waals surface area contributed by atoms with E-state index in [2.05, 4.69) is 5.32 Å². The topological polar surface area (TPSA) is 32.3 Å². The summed E-state index contributed by atoms with van der Waals surface area (Å²) in [6.45, 7) is 0. The molecule has 3 rings (SSSR count). The third-order valence-electron chi connectivity index (χ3n) is 3.85. The van der Waals surface area contributed by atoms with Gasteiger partial charge in [-0.3, -0.25) is 0 Å². The Balaban J connectivity index is 2.21. The second kappa shape index (κ2) is 4.46. The van der Waals surface area contributed by atoms with Crippen molar-refractivity contribution >= 4 is 28.9 Å². The number of nitrogens with one attached hydrogen (secondary N) is 1. The number of benzene rings is 1. The van der Waals surface area contributed by atoms with Crippen LogP contribution in [0.5, 0.6) is 0 Å². The molecule has 2 N–H and O–H groups in total. The van der Waals surface area contributed by atoms with Crippen LogP contribution in [0.25, 0.3) is 0 Å². The van der Waals surface area contributed by atoms with Gasteiger partial charge in [0.15, 0.2) is 0 Å². The van der Waals surface area contributed by atoms with Crippen LogP contribution >= 0.6 is 23.2 Å². The number of alkyl halides is 3. The van der Waals surface area contributed by atoms with Crippen LogP contribution in [0.15, 0.2) is 23.6 Å². The molecule has 0 saturated heterocycles. The minimum atomic E-state index is -4.36. The Labute approximate surface area is 123 Å². The van der Waals surface area contributed by atoms with Crippen molar-refractivity contribution in [3.8, 4) is 0 Å². The molecule has 0 bridgehead atoms. The number of fused-ring (bicyclic) bond motifs is 3. The molecule has 7 heteroatoms. The average Bonchev–Trinajstić information content (AvgIpc) is 2.75. The Morgan fingerprint density at radius 1 is 1.20 bits per heavy atom. The van der Waals surface area contributed by atoms with Crippen molar-refractivity contribution < 1.29 is 18.3 Å². The van der Waals surface area contributed by atoms with Gasteiger partial charge in [-0.1, -0.05) is 23.2 Å². The summed E-state index contributed by atoms with van der Waals surface area (Å²) >= 11 is 12.1. The van der Waals surface area contributed by atoms with E-state index >= 15 is 0 Å². The largest absolute Gasteiger partial charge is 0.510 e. The Morgan fingerprint density at radius 3 is 2.50 bits per heavy atom. The smallest absolute Gasteiger partial charge is 0.392 e. The summed E-state index contributed by atoms with van der Waals surface area (Å²) in [7, 11) is 0. The minimum Gasteiger partial charge on any atom is -0.510 e. The molecule has 20 heavy (non-hydrogen) atoms. The van der Waals surface area contributed by atoms with Crippen LogP contribution in [0, 0.1) is 5.92 Å². The van der Waals surface area contributed by atoms with Gasteiger partial charge in [0, 0.05) is 22.9 Å². The van der Waals surface area contributed by atoms with E-state index in [0.717, 1.165) is 0 Å². The molecule has 2 nitrogen and oxygen atoms in total. The predicted octanol–water partition coefficient (Wildman–Crippen LogP) is 5.24. The standard InChI is InChI=1S/C13H10Cl2F3NO/c14-6-2-3-7(15)11-10(6)9-5(13(16,17)18)1-4-8(20)12(9)19-11/h2-3,5,9,19-20H,1,4H2. The molecule has 0 spiro atoms. The van der Waals surface area contributed by atoms with Gasteiger partial charge in [-0.05, 0) is 18.6 Å². The van der Waals surface area contributed by atoms with E-state index in [4.69, 9.17) is 23.2 Å². The summed E-state index contributed by atoms with van der Waals surface area (Å²) in [5.74, 6) is -2.64. The van der Waals surface area contributed by atoms with E-state index in [1.807, 2.05) is 0 Å². The molecule has 1 aliphatic heterocycles. The number of hydrogen-bond acceptors (Lipinski definition) is 2. The summed E-state index contributed by atoms with van der Waals surface area (Å²) in [6, 6.07) is 3.00. The SMILES string of the molecule is OC1=C2Nc3c(Cl)ccc(Cl)c3C2C(C(F)(F)F)CC1. The van der Waals surface area contributed by atoms with Crippen LogP contribution in [0.2, 0.25) is 10.0 Å². The maximum atomic E-state index is 13.2. The lowest BCUT2D eigenvalue weighted by atomic mass is 9.78. The highest BCUT2D eigenvalue weighted by Gasteiger charge is 2.52. The average molecular weight is 324 g/mol. The van der Waals surface area contributed by atoms with Crippen LogP contribution in [-0.4, -0.2) is 11.3 Å². The number of halogens is 5. The van der Waals surface area contributed by atoms with Crippen molar-refractivity contribution in [2.45, 2.75) is 24.9 Å². The fourth-order valence-corrected chi connectivity index (χ4v) is 3.44. The van der Waals surface area contributed by atoms with Crippen molar-refractivity contribution in [2.75, 3.05) is 5.32 Å². The van der Waals surface area contributed by atoms with Crippen LogP contribution in [0.1, 0.15) is 24.3 Å². The molecule has 2 unspecified atom stereocenters. The summed E-state index contributed by atoms with van der Waals surface area (Å²) in [5, 5.41) is 13.2. The summed E-state index contributed by atoms with van der Waals surface area (Å²) in [5.41, 5.74) is 0.855. The molecule has 0 amide bonds. The van der Waals surface area contributed by atoms with E-state index in [9.17, 15) is 18.3 Å². The first-order chi connectivity index (χ1) is 9.30. The van der Waals surface area contributed by atoms with Crippen molar-refractivity contribution in [2.24, 2.45) is 5.92 Å². The number of rotatable bonds is 0. The summed E-state index contributed by atoms with van der Waals surface area (Å²) < 4.78 is 39.7. The maximum Gasteiger partial charge on any atom is 0.392 e. The molecule has 0 radical (unpaired) electrons. The number of aliphatic hydroxyl groups is 1. The van der Waals surface area contributed by atoms with E-state index in [-0.39, 0.29) is 29.3 Å². The van der Waals surface area contributed by atoms with E-state index in [1.165, 1.54) is 12.1 Å². The van der Waals surface area contributed by atoms with Crippen LogP contribution in [0.4, 0.5) is 18.9 Å². The molecule has 0 fully saturated rings. The Bertz CT molecular complexity index is 612. The lowest BCUT2D eigenvalue weighted by Crippen LogP contribution is -2.32. The lowest BCUT2D eigenvalue weighted by molar-refractivity contribution is -0.181. The van der Waals surface area contributed by atoms with E-state index in [0.29, 0.717) is 16.3 Å². The quantitative estimate of drug-likeness (QED) is 0.683. The van der Waals surface area contributed by atoms with Gasteiger partial charge in [0.2, 0.25) is 0 Å². The molecule has 1 heterocycles. The second-order valence-corrected chi connectivity index (χ2v) is 5.78. The molecule has 1 aromatic rings. The third kappa shape index (κ3) is 1.95. The maximum absolute atomic E-state index is 13.2. The van der Waals surface area contributed by atoms with Gasteiger partial charge in [0.05, 0.1) is 22.3 Å². The highest BCUT2D eigenvalue weighted by molar-refractivity contribution is 6.36. The zero-order valence-corrected chi connectivity index (χ0v) is 11.6. The second-order valence-electron chi connectivity index (χ2n) is 4.97. The monoisotopic (exact) mass is 323 g/mol. The van der Waals surface area contributed by atoms with Crippen LogP contribution in [0.3, 0.4) is 0 Å². The van der Waals surface area contributed by atoms with Gasteiger partial charge >= 0.3 is 6.18 Å². The number of anilines is 1. The van der Waals surface area contributed by atoms with Gasteiger partial charge in [-0.15, -0.1) is 0 Å². The molecule has 0 aromatic heterocycles. The van der Waals surface area contributed by atoms with Gasteiger partial charge < -0.3 is 10.4 Å². The van der Waals surface area contributed by atoms with Gasteiger partial charge in [-0.2, -0.15) is 13.2 Å². The Kier molecular flexibility index (Phi) is 3.10. The highest BCUT2D eigenvalue weighted by Crippen LogP contribution is 2.56. The first-order valence-electron chi connectivity index (χ1n) is 6.04. The third-order valence-corrected chi connectivity index (χ3v) is 4.49. The lowest BCUT2D eigenvalue weighted by Gasteiger charge is -2.31. The molecule has 1 aliphatic carbocycles. The van der Waals surface area contributed by atoms with E-state index in [1.54, 1.807) is 0 Å². The molecule has 2 atom stereocenters. The van der Waals surface area contributed by atoms with Gasteiger partial charge in [0.25, 0.3) is 0 Å². The normalized spacial score (nSPS) is 25.2. The predicted molar refractivity (Wildman–Crippen MR) is 71.3 cm³/mol. The summed E-state index contributed by atoms with van der Waals surface area (Å²) in [4.78, 5) is 0. The van der Waals surface area contributed by atoms with Gasteiger partial charge in [0.1, 0.15) is 5.76 Å². The zero-order valence-electron chi connectivity index (χ0n) is 10.1. The van der Waals surface area contributed by atoms with E-state index < -0.39 is 18.0 Å². The number of aliphatic hydroxyl groups excluding tert-OH is 1. The zero-order chi connectivity index (χ0) is 14.7. The van der Waals surface area contributed by atoms with Crippen molar-refractivity contribution in [1.29, 1.82) is 0 Å². The molecular formula is C13H10Cl2F3NO.